The van der Waals surface area contributed by atoms with Crippen LogP contribution in [0.1, 0.15) is 23.5 Å². The third kappa shape index (κ3) is 5.41. The Morgan fingerprint density at radius 2 is 1.59 bits per heavy atom. The molecule has 2 atom stereocenters. The van der Waals surface area contributed by atoms with Crippen molar-refractivity contribution in [3.8, 4) is 11.1 Å². The number of benzene rings is 2. The van der Waals surface area contributed by atoms with E-state index in [1.807, 2.05) is 54.8 Å². The number of ether oxygens (including phenoxy) is 1. The fraction of sp³-hybridized carbons (Fsp3) is 0.348. The average Bonchev–Trinajstić information content (AvgIpc) is 3.12. The first kappa shape index (κ1) is 23.6. The second-order valence-electron chi connectivity index (χ2n) is 7.39. The summed E-state index contributed by atoms with van der Waals surface area (Å²) in [6.07, 6.45) is 1.38. The Morgan fingerprint density at radius 3 is 2.12 bits per heavy atom. The van der Waals surface area contributed by atoms with Crippen molar-refractivity contribution < 1.29 is 29.3 Å². The Balaban J connectivity index is 1.65. The molecule has 0 spiro atoms. The van der Waals surface area contributed by atoms with Gasteiger partial charge in [0.15, 0.2) is 0 Å². The number of rotatable bonds is 10. The van der Waals surface area contributed by atoms with Gasteiger partial charge in [0.05, 0.1) is 6.61 Å². The normalized spacial score (nSPS) is 14.1. The zero-order valence-corrected chi connectivity index (χ0v) is 18.4. The van der Waals surface area contributed by atoms with Gasteiger partial charge in [-0.05, 0) is 40.7 Å². The lowest BCUT2D eigenvalue weighted by Gasteiger charge is -2.21. The Hall–Kier alpha value is -3.04. The molecule has 0 unspecified atom stereocenters. The van der Waals surface area contributed by atoms with Gasteiger partial charge in [0.2, 0.25) is 5.91 Å². The lowest BCUT2D eigenvalue weighted by Crippen LogP contribution is -2.53. The first-order valence-electron chi connectivity index (χ1n) is 10.2. The van der Waals surface area contributed by atoms with Gasteiger partial charge in [0.1, 0.15) is 18.7 Å². The number of carbonyl (C=O) groups excluding carboxylic acids is 2. The van der Waals surface area contributed by atoms with Gasteiger partial charge < -0.3 is 25.6 Å². The van der Waals surface area contributed by atoms with Gasteiger partial charge in [-0.2, -0.15) is 11.8 Å². The molecule has 0 heterocycles. The lowest BCUT2D eigenvalue weighted by molar-refractivity contribution is -0.143. The van der Waals surface area contributed by atoms with Crippen molar-refractivity contribution in [2.24, 2.45) is 0 Å². The largest absolute Gasteiger partial charge is 0.480 e. The van der Waals surface area contributed by atoms with Gasteiger partial charge in [-0.3, -0.25) is 4.79 Å². The number of alkyl carbamates (subject to hydrolysis) is 1. The fourth-order valence-corrected chi connectivity index (χ4v) is 4.22. The first-order valence-corrected chi connectivity index (χ1v) is 11.6. The van der Waals surface area contributed by atoms with Crippen LogP contribution in [0.3, 0.4) is 0 Å². The summed E-state index contributed by atoms with van der Waals surface area (Å²) >= 11 is 1.49. The number of amides is 2. The van der Waals surface area contributed by atoms with E-state index in [0.717, 1.165) is 22.3 Å². The molecule has 0 saturated heterocycles. The van der Waals surface area contributed by atoms with Gasteiger partial charge in [-0.15, -0.1) is 0 Å². The maximum atomic E-state index is 12.5. The van der Waals surface area contributed by atoms with Crippen LogP contribution >= 0.6 is 11.8 Å². The zero-order chi connectivity index (χ0) is 23.1. The second kappa shape index (κ2) is 11.0. The minimum atomic E-state index is -1.44. The molecule has 32 heavy (non-hydrogen) atoms. The standard InChI is InChI=1S/C23H26N2O6S/c1-32-11-10-19(21(27)24-20(12-26)22(28)29)25-23(30)31-13-18-16-8-4-2-6-14(16)15-7-3-5-9-17(15)18/h2-9,18-20,26H,10-13H2,1H3,(H,24,27)(H,25,30)(H,28,29)/t19-,20-/m0/s1. The number of nitrogens with one attached hydrogen (secondary N) is 2. The van der Waals surface area contributed by atoms with Gasteiger partial charge in [-0.1, -0.05) is 48.5 Å². The van der Waals surface area contributed by atoms with E-state index in [1.165, 1.54) is 11.8 Å². The number of carbonyl (C=O) groups is 3. The Kier molecular flexibility index (Phi) is 8.13. The Labute approximate surface area is 190 Å². The molecule has 0 radical (unpaired) electrons. The fourth-order valence-electron chi connectivity index (χ4n) is 3.74. The smallest absolute Gasteiger partial charge is 0.407 e. The predicted octanol–water partition coefficient (Wildman–Crippen LogP) is 2.21. The number of carboxylic acid groups (broad SMARTS) is 1. The molecule has 2 amide bonds. The van der Waals surface area contributed by atoms with E-state index in [-0.39, 0.29) is 18.9 Å². The van der Waals surface area contributed by atoms with Crippen LogP contribution in [0.2, 0.25) is 0 Å². The Morgan fingerprint density at radius 1 is 1.00 bits per heavy atom. The molecule has 170 valence electrons. The number of thioether (sulfide) groups is 1. The second-order valence-corrected chi connectivity index (χ2v) is 8.37. The maximum absolute atomic E-state index is 12.5. The lowest BCUT2D eigenvalue weighted by atomic mass is 9.98. The zero-order valence-electron chi connectivity index (χ0n) is 17.6. The van der Waals surface area contributed by atoms with Crippen LogP contribution in [0.25, 0.3) is 11.1 Å². The number of fused-ring (bicyclic) bond motifs is 3. The topological polar surface area (TPSA) is 125 Å². The van der Waals surface area contributed by atoms with E-state index >= 15 is 0 Å². The summed E-state index contributed by atoms with van der Waals surface area (Å²) in [5.74, 6) is -1.59. The number of aliphatic hydroxyl groups is 1. The van der Waals surface area contributed by atoms with Gasteiger partial charge in [-0.25, -0.2) is 9.59 Å². The van der Waals surface area contributed by atoms with Crippen LogP contribution in [0, 0.1) is 0 Å². The van der Waals surface area contributed by atoms with E-state index in [2.05, 4.69) is 10.6 Å². The van der Waals surface area contributed by atoms with E-state index < -0.39 is 36.7 Å². The molecule has 4 N–H and O–H groups in total. The van der Waals surface area contributed by atoms with Crippen LogP contribution in [-0.4, -0.2) is 65.5 Å². The predicted molar refractivity (Wildman–Crippen MR) is 122 cm³/mol. The summed E-state index contributed by atoms with van der Waals surface area (Å²) in [5.41, 5.74) is 4.37. The Bertz CT molecular complexity index is 937. The molecule has 8 nitrogen and oxygen atoms in total. The van der Waals surface area contributed by atoms with Crippen molar-refractivity contribution in [3.63, 3.8) is 0 Å². The minimum absolute atomic E-state index is 0.102. The average molecular weight is 459 g/mol. The number of hydrogen-bond donors (Lipinski definition) is 4. The minimum Gasteiger partial charge on any atom is -0.480 e. The first-order chi connectivity index (χ1) is 15.5. The van der Waals surface area contributed by atoms with Crippen molar-refractivity contribution >= 4 is 29.7 Å². The maximum Gasteiger partial charge on any atom is 0.407 e. The van der Waals surface area contributed by atoms with Crippen LogP contribution in [0.15, 0.2) is 48.5 Å². The number of hydrogen-bond acceptors (Lipinski definition) is 6. The molecular weight excluding hydrogens is 432 g/mol. The molecule has 0 fully saturated rings. The van der Waals surface area contributed by atoms with E-state index in [0.29, 0.717) is 5.75 Å². The third-order valence-corrected chi connectivity index (χ3v) is 6.00. The third-order valence-electron chi connectivity index (χ3n) is 5.36. The molecule has 2 aromatic rings. The van der Waals surface area contributed by atoms with Crippen molar-refractivity contribution in [1.29, 1.82) is 0 Å². The van der Waals surface area contributed by atoms with Crippen molar-refractivity contribution in [3.05, 3.63) is 59.7 Å². The van der Waals surface area contributed by atoms with Crippen LogP contribution in [-0.2, 0) is 14.3 Å². The van der Waals surface area contributed by atoms with Gasteiger partial charge >= 0.3 is 12.1 Å². The number of aliphatic hydroxyl groups excluding tert-OH is 1. The summed E-state index contributed by atoms with van der Waals surface area (Å²) < 4.78 is 5.48. The molecule has 0 aliphatic heterocycles. The molecule has 9 heteroatoms. The van der Waals surface area contributed by atoms with Gasteiger partial charge in [0, 0.05) is 5.92 Å². The van der Waals surface area contributed by atoms with Crippen molar-refractivity contribution in [2.75, 3.05) is 25.2 Å². The van der Waals surface area contributed by atoms with E-state index in [1.54, 1.807) is 0 Å². The van der Waals surface area contributed by atoms with Crippen LogP contribution in [0.4, 0.5) is 4.79 Å². The number of carboxylic acids is 1. The summed E-state index contributed by atoms with van der Waals surface area (Å²) in [6.45, 7) is -0.646. The molecule has 3 rings (SSSR count). The summed E-state index contributed by atoms with van der Waals surface area (Å²) in [5, 5.41) is 22.9. The highest BCUT2D eigenvalue weighted by molar-refractivity contribution is 7.98. The molecule has 0 bridgehead atoms. The van der Waals surface area contributed by atoms with E-state index in [9.17, 15) is 14.4 Å². The molecule has 0 saturated carbocycles. The molecule has 2 aromatic carbocycles. The molecule has 0 aromatic heterocycles. The van der Waals surface area contributed by atoms with E-state index in [4.69, 9.17) is 14.9 Å². The summed E-state index contributed by atoms with van der Waals surface area (Å²) in [6, 6.07) is 13.5. The summed E-state index contributed by atoms with van der Waals surface area (Å²) in [4.78, 5) is 36.1. The monoisotopic (exact) mass is 458 g/mol. The molecular formula is C23H26N2O6S. The van der Waals surface area contributed by atoms with Gasteiger partial charge in [0.25, 0.3) is 0 Å². The highest BCUT2D eigenvalue weighted by atomic mass is 32.2. The van der Waals surface area contributed by atoms with Crippen LogP contribution in [0.5, 0.6) is 0 Å². The number of aliphatic carboxylic acids is 1. The van der Waals surface area contributed by atoms with Crippen molar-refractivity contribution in [1.82, 2.24) is 10.6 Å². The molecule has 1 aliphatic carbocycles. The quantitative estimate of drug-likeness (QED) is 0.430. The highest BCUT2D eigenvalue weighted by Crippen LogP contribution is 2.44. The summed E-state index contributed by atoms with van der Waals surface area (Å²) in [7, 11) is 0. The van der Waals surface area contributed by atoms with Crippen molar-refractivity contribution in [2.45, 2.75) is 24.4 Å². The highest BCUT2D eigenvalue weighted by Gasteiger charge is 2.30. The molecule has 1 aliphatic rings. The SMILES string of the molecule is CSCC[C@H](NC(=O)OCC1c2ccccc2-c2ccccc21)C(=O)N[C@@H](CO)C(=O)O. The van der Waals surface area contributed by atoms with Crippen LogP contribution < -0.4 is 10.6 Å².